The summed E-state index contributed by atoms with van der Waals surface area (Å²) in [5, 5.41) is 0. The summed E-state index contributed by atoms with van der Waals surface area (Å²) < 4.78 is 3.21. The van der Waals surface area contributed by atoms with Crippen molar-refractivity contribution in [1.29, 1.82) is 0 Å². The van der Waals surface area contributed by atoms with Gasteiger partial charge in [-0.2, -0.15) is 0 Å². The second-order valence-electron chi connectivity index (χ2n) is 5.92. The predicted molar refractivity (Wildman–Crippen MR) is 76.7 cm³/mol. The first-order valence-electron chi connectivity index (χ1n) is 6.47. The van der Waals surface area contributed by atoms with Crippen LogP contribution in [0.3, 0.4) is 0 Å². The molecule has 1 unspecified atom stereocenters. The minimum absolute atomic E-state index is 0.474. The van der Waals surface area contributed by atoms with Crippen molar-refractivity contribution in [3.63, 3.8) is 0 Å². The van der Waals surface area contributed by atoms with Crippen LogP contribution in [-0.2, 0) is 0 Å². The van der Waals surface area contributed by atoms with Crippen LogP contribution in [-0.4, -0.2) is 15.0 Å². The molecule has 17 heavy (non-hydrogen) atoms. The van der Waals surface area contributed by atoms with Gasteiger partial charge in [0.2, 0.25) is 0 Å². The van der Waals surface area contributed by atoms with Crippen molar-refractivity contribution in [2.45, 2.75) is 40.0 Å². The Bertz CT molecular complexity index is 384. The summed E-state index contributed by atoms with van der Waals surface area (Å²) in [7, 11) is 0. The summed E-state index contributed by atoms with van der Waals surface area (Å²) in [5.41, 5.74) is 0.474. The standard InChI is InChI=1S/C16H22Se/c1-16(2,3)13-9-11-15(12-10-13)17-14-7-5-4-6-8-14/h4-8,11,13H,9-10,12H2,1-3H3. The Balaban J connectivity index is 1.96. The van der Waals surface area contributed by atoms with Crippen LogP contribution in [0.5, 0.6) is 0 Å². The van der Waals surface area contributed by atoms with E-state index in [2.05, 4.69) is 57.2 Å². The molecule has 1 atom stereocenters. The first-order valence-corrected chi connectivity index (χ1v) is 8.19. The van der Waals surface area contributed by atoms with Crippen molar-refractivity contribution < 1.29 is 0 Å². The average molecular weight is 293 g/mol. The van der Waals surface area contributed by atoms with Crippen LogP contribution < -0.4 is 4.46 Å². The topological polar surface area (TPSA) is 0 Å². The van der Waals surface area contributed by atoms with Crippen molar-refractivity contribution in [3.05, 3.63) is 40.9 Å². The summed E-state index contributed by atoms with van der Waals surface area (Å²) in [6.07, 6.45) is 6.50. The van der Waals surface area contributed by atoms with E-state index in [0.717, 1.165) is 5.92 Å². The summed E-state index contributed by atoms with van der Waals surface area (Å²) in [6.45, 7) is 7.12. The van der Waals surface area contributed by atoms with Crippen LogP contribution >= 0.6 is 0 Å². The number of allylic oxidation sites excluding steroid dienone is 2. The van der Waals surface area contributed by atoms with Gasteiger partial charge in [0.1, 0.15) is 0 Å². The van der Waals surface area contributed by atoms with E-state index in [1.165, 1.54) is 23.7 Å². The zero-order chi connectivity index (χ0) is 12.3. The first-order chi connectivity index (χ1) is 8.05. The quantitative estimate of drug-likeness (QED) is 0.729. The van der Waals surface area contributed by atoms with Crippen LogP contribution in [0, 0.1) is 11.3 Å². The molecule has 0 saturated heterocycles. The van der Waals surface area contributed by atoms with E-state index in [0.29, 0.717) is 20.4 Å². The van der Waals surface area contributed by atoms with E-state index in [1.807, 2.05) is 0 Å². The van der Waals surface area contributed by atoms with Crippen LogP contribution in [0.4, 0.5) is 0 Å². The molecule has 0 aliphatic heterocycles. The first kappa shape index (κ1) is 12.9. The minimum atomic E-state index is 0.474. The Kier molecular flexibility index (Phi) is 4.12. The van der Waals surface area contributed by atoms with Gasteiger partial charge in [-0.1, -0.05) is 0 Å². The molecule has 92 valence electrons. The van der Waals surface area contributed by atoms with Gasteiger partial charge in [0, 0.05) is 0 Å². The van der Waals surface area contributed by atoms with Gasteiger partial charge >= 0.3 is 112 Å². The molecular formula is C16H22Se. The van der Waals surface area contributed by atoms with Gasteiger partial charge in [0.25, 0.3) is 0 Å². The third-order valence-corrected chi connectivity index (χ3v) is 5.98. The van der Waals surface area contributed by atoms with E-state index in [4.69, 9.17) is 0 Å². The molecule has 2 rings (SSSR count). The zero-order valence-electron chi connectivity index (χ0n) is 11.1. The van der Waals surface area contributed by atoms with Gasteiger partial charge in [-0.05, 0) is 0 Å². The monoisotopic (exact) mass is 294 g/mol. The fourth-order valence-electron chi connectivity index (χ4n) is 2.33. The third-order valence-electron chi connectivity index (χ3n) is 3.59. The fourth-order valence-corrected chi connectivity index (χ4v) is 4.42. The summed E-state index contributed by atoms with van der Waals surface area (Å²) in [4.78, 5) is 0. The zero-order valence-corrected chi connectivity index (χ0v) is 12.8. The van der Waals surface area contributed by atoms with E-state index >= 15 is 0 Å². The molecule has 0 radical (unpaired) electrons. The van der Waals surface area contributed by atoms with Gasteiger partial charge in [-0.15, -0.1) is 0 Å². The molecule has 0 N–H and O–H groups in total. The SMILES string of the molecule is CC(C)(C)C1CC=C([Se]c2ccccc2)CC1. The molecule has 1 aromatic carbocycles. The van der Waals surface area contributed by atoms with E-state index < -0.39 is 0 Å². The Morgan fingerprint density at radius 3 is 2.35 bits per heavy atom. The van der Waals surface area contributed by atoms with Crippen molar-refractivity contribution in [2.75, 3.05) is 0 Å². The second-order valence-corrected chi connectivity index (χ2v) is 8.44. The number of hydrogen-bond acceptors (Lipinski definition) is 0. The van der Waals surface area contributed by atoms with Crippen LogP contribution in [0.25, 0.3) is 0 Å². The molecule has 0 heterocycles. The molecule has 1 heteroatoms. The molecule has 1 aliphatic rings. The summed E-state index contributed by atoms with van der Waals surface area (Å²) in [6, 6.07) is 10.9. The normalized spacial score (nSPS) is 21.1. The molecule has 1 aromatic rings. The van der Waals surface area contributed by atoms with Gasteiger partial charge in [0.15, 0.2) is 0 Å². The van der Waals surface area contributed by atoms with Gasteiger partial charge in [0.05, 0.1) is 0 Å². The maximum atomic E-state index is 2.52. The van der Waals surface area contributed by atoms with Gasteiger partial charge in [-0.25, -0.2) is 0 Å². The third kappa shape index (κ3) is 3.72. The molecule has 0 aromatic heterocycles. The predicted octanol–water partition coefficient (Wildman–Crippen LogP) is 3.75. The molecule has 0 saturated carbocycles. The van der Waals surface area contributed by atoms with Gasteiger partial charge in [-0.3, -0.25) is 0 Å². The number of rotatable bonds is 2. The maximum absolute atomic E-state index is 2.52. The Labute approximate surface area is 112 Å². The summed E-state index contributed by atoms with van der Waals surface area (Å²) in [5.74, 6) is 0.873. The Morgan fingerprint density at radius 1 is 1.12 bits per heavy atom. The van der Waals surface area contributed by atoms with E-state index in [9.17, 15) is 0 Å². The molecule has 0 fully saturated rings. The van der Waals surface area contributed by atoms with Crippen molar-refractivity contribution in [1.82, 2.24) is 0 Å². The van der Waals surface area contributed by atoms with Crippen LogP contribution in [0.1, 0.15) is 40.0 Å². The molecule has 0 nitrogen and oxygen atoms in total. The Hall–Kier alpha value is -0.521. The number of hydrogen-bond donors (Lipinski definition) is 0. The molecule has 0 spiro atoms. The summed E-state index contributed by atoms with van der Waals surface area (Å²) >= 11 is 0.560. The molecule has 0 amide bonds. The Morgan fingerprint density at radius 2 is 1.82 bits per heavy atom. The van der Waals surface area contributed by atoms with Crippen molar-refractivity contribution >= 4 is 19.4 Å². The van der Waals surface area contributed by atoms with Crippen LogP contribution in [0.2, 0.25) is 0 Å². The van der Waals surface area contributed by atoms with Gasteiger partial charge < -0.3 is 0 Å². The average Bonchev–Trinajstić information content (AvgIpc) is 2.30. The van der Waals surface area contributed by atoms with Crippen molar-refractivity contribution in [3.8, 4) is 0 Å². The van der Waals surface area contributed by atoms with E-state index in [1.54, 1.807) is 4.47 Å². The molecular weight excluding hydrogens is 271 g/mol. The molecule has 0 bridgehead atoms. The van der Waals surface area contributed by atoms with Crippen molar-refractivity contribution in [2.24, 2.45) is 11.3 Å². The van der Waals surface area contributed by atoms with Crippen LogP contribution in [0.15, 0.2) is 40.9 Å². The molecule has 1 aliphatic carbocycles. The fraction of sp³-hybridized carbons (Fsp3) is 0.500. The van der Waals surface area contributed by atoms with E-state index in [-0.39, 0.29) is 0 Å². The second kappa shape index (κ2) is 5.42. The number of benzene rings is 1.